The molecule has 12 heteroatoms. The highest BCUT2D eigenvalue weighted by atomic mass is 35.5. The monoisotopic (exact) mass is 740 g/mol. The molecular weight excluding hydrogens is 683 g/mol. The molecule has 5 rings (SSSR count). The number of carbonyl (C=O) groups excluding carboxylic acids is 1. The second-order valence-electron chi connectivity index (χ2n) is 14.9. The van der Waals surface area contributed by atoms with Crippen molar-refractivity contribution in [1.29, 1.82) is 0 Å². The van der Waals surface area contributed by atoms with Gasteiger partial charge in [0.05, 0.1) is 37.4 Å². The van der Waals surface area contributed by atoms with Crippen LogP contribution in [0.5, 0.6) is 0 Å². The van der Waals surface area contributed by atoms with Crippen LogP contribution in [0.2, 0.25) is 0 Å². The Kier molecular flexibility index (Phi) is 13.0. The molecule has 12 atom stereocenters. The molecule has 0 aromatic heterocycles. The molecule has 1 aliphatic carbocycles. The molecule has 0 aromatic rings. The molecule has 3 saturated heterocycles. The number of allylic oxidation sites excluding steroid dienone is 4. The Morgan fingerprint density at radius 3 is 2.50 bits per heavy atom. The maximum atomic E-state index is 14.4. The quantitative estimate of drug-likeness (QED) is 0.114. The number of rotatable bonds is 8. The summed E-state index contributed by atoms with van der Waals surface area (Å²) in [5.41, 5.74) is 0.181. The fourth-order valence-corrected chi connectivity index (χ4v) is 9.77. The number of esters is 1. The Morgan fingerprint density at radius 1 is 1.10 bits per heavy atom. The van der Waals surface area contributed by atoms with Gasteiger partial charge in [0.2, 0.25) is 0 Å². The fourth-order valence-electron chi connectivity index (χ4n) is 8.21. The van der Waals surface area contributed by atoms with Crippen molar-refractivity contribution >= 4 is 25.4 Å². The molecule has 3 fully saturated rings. The van der Waals surface area contributed by atoms with E-state index in [0.717, 1.165) is 18.4 Å². The summed E-state index contributed by atoms with van der Waals surface area (Å²) >= 11 is 6.97. The summed E-state index contributed by atoms with van der Waals surface area (Å²) < 4.78 is 56.7. The van der Waals surface area contributed by atoms with Crippen LogP contribution in [0.25, 0.3) is 0 Å². The van der Waals surface area contributed by atoms with E-state index in [1.165, 1.54) is 0 Å². The van der Waals surface area contributed by atoms with Crippen LogP contribution >= 0.6 is 19.4 Å². The van der Waals surface area contributed by atoms with Crippen molar-refractivity contribution < 1.29 is 47.0 Å². The molecule has 1 spiro atoms. The van der Waals surface area contributed by atoms with E-state index >= 15 is 0 Å². The Labute approximate surface area is 303 Å². The maximum absolute atomic E-state index is 14.4. The van der Waals surface area contributed by atoms with E-state index in [1.54, 1.807) is 32.9 Å². The van der Waals surface area contributed by atoms with Crippen molar-refractivity contribution in [1.82, 2.24) is 0 Å². The van der Waals surface area contributed by atoms with Gasteiger partial charge in [-0.2, -0.15) is 0 Å². The Hall–Kier alpha value is -1.33. The van der Waals surface area contributed by atoms with Crippen molar-refractivity contribution in [2.45, 2.75) is 141 Å². The number of phosphoric acid groups is 1. The van der Waals surface area contributed by atoms with Gasteiger partial charge in [0.15, 0.2) is 5.79 Å². The lowest BCUT2D eigenvalue weighted by Gasteiger charge is -2.51. The van der Waals surface area contributed by atoms with Gasteiger partial charge in [-0.05, 0) is 69.4 Å². The van der Waals surface area contributed by atoms with Crippen LogP contribution in [-0.4, -0.2) is 78.2 Å². The maximum Gasteiger partial charge on any atom is 0.475 e. The van der Waals surface area contributed by atoms with Crippen LogP contribution < -0.4 is 0 Å². The van der Waals surface area contributed by atoms with Gasteiger partial charge in [0.1, 0.15) is 29.8 Å². The average Bonchev–Trinajstić information content (AvgIpc) is 3.41. The van der Waals surface area contributed by atoms with Gasteiger partial charge in [0, 0.05) is 19.3 Å². The van der Waals surface area contributed by atoms with Gasteiger partial charge in [-0.15, -0.1) is 11.6 Å². The second kappa shape index (κ2) is 16.4. The Balaban J connectivity index is 1.55. The number of fused-ring (bicyclic) bond motifs is 2. The van der Waals surface area contributed by atoms with Gasteiger partial charge in [-0.1, -0.05) is 70.1 Å². The van der Waals surface area contributed by atoms with Gasteiger partial charge in [0.25, 0.3) is 0 Å². The van der Waals surface area contributed by atoms with E-state index in [-0.39, 0.29) is 43.3 Å². The highest BCUT2D eigenvalue weighted by molar-refractivity contribution is 7.48. The lowest BCUT2D eigenvalue weighted by atomic mass is 9.71. The van der Waals surface area contributed by atoms with E-state index in [2.05, 4.69) is 26.8 Å². The molecule has 0 aromatic carbocycles. The largest absolute Gasteiger partial charge is 0.475 e. The number of hydrogen-bond donors (Lipinski definition) is 1. The van der Waals surface area contributed by atoms with Crippen LogP contribution in [-0.2, 0) is 41.9 Å². The van der Waals surface area contributed by atoms with Crippen molar-refractivity contribution in [3.05, 3.63) is 47.1 Å². The van der Waals surface area contributed by atoms with Gasteiger partial charge < -0.3 is 24.1 Å². The molecule has 2 bridgehead atoms. The van der Waals surface area contributed by atoms with Crippen molar-refractivity contribution in [3.8, 4) is 0 Å². The van der Waals surface area contributed by atoms with Gasteiger partial charge in [-0.25, -0.2) is 4.57 Å². The number of hydrogen-bond acceptors (Lipinski definition) is 10. The van der Waals surface area contributed by atoms with E-state index < -0.39 is 49.4 Å². The topological polar surface area (TPSA) is 119 Å². The lowest BCUT2D eigenvalue weighted by Crippen LogP contribution is -2.58. The number of halogens is 1. The van der Waals surface area contributed by atoms with Crippen LogP contribution in [0.15, 0.2) is 47.1 Å². The van der Waals surface area contributed by atoms with Crippen molar-refractivity contribution in [2.75, 3.05) is 19.8 Å². The predicted octanol–water partition coefficient (Wildman–Crippen LogP) is 7.98. The third-order valence-corrected chi connectivity index (χ3v) is 13.6. The third-order valence-electron chi connectivity index (χ3n) is 11.2. The normalized spacial score (nSPS) is 43.1. The number of ether oxygens (including phenoxy) is 4. The molecule has 1 N–H and O–H groups in total. The van der Waals surface area contributed by atoms with Crippen LogP contribution in [0, 0.1) is 23.7 Å². The highest BCUT2D eigenvalue weighted by Crippen LogP contribution is 2.56. The van der Waals surface area contributed by atoms with Crippen molar-refractivity contribution in [3.63, 3.8) is 0 Å². The molecule has 282 valence electrons. The predicted molar refractivity (Wildman–Crippen MR) is 192 cm³/mol. The molecule has 0 amide bonds. The zero-order chi connectivity index (χ0) is 36.4. The first-order chi connectivity index (χ1) is 23.7. The average molecular weight is 741 g/mol. The minimum atomic E-state index is -4.02. The summed E-state index contributed by atoms with van der Waals surface area (Å²) in [5.74, 6) is -1.91. The molecule has 4 aliphatic heterocycles. The molecule has 4 unspecified atom stereocenters. The first-order valence-electron chi connectivity index (χ1n) is 18.5. The van der Waals surface area contributed by atoms with E-state index in [4.69, 9.17) is 44.1 Å². The smallest absolute Gasteiger partial charge is 0.462 e. The fraction of sp³-hybridized carbons (Fsp3) is 0.763. The summed E-state index contributed by atoms with van der Waals surface area (Å²) in [6.45, 7) is 16.0. The van der Waals surface area contributed by atoms with E-state index in [0.29, 0.717) is 48.7 Å². The number of aliphatic hydroxyl groups is 1. The first kappa shape index (κ1) is 39.9. The zero-order valence-electron chi connectivity index (χ0n) is 31.0. The van der Waals surface area contributed by atoms with Gasteiger partial charge in [-0.3, -0.25) is 18.4 Å². The molecule has 4 heterocycles. The summed E-state index contributed by atoms with van der Waals surface area (Å²) in [6, 6.07) is 0. The van der Waals surface area contributed by atoms with Crippen LogP contribution in [0.3, 0.4) is 0 Å². The summed E-state index contributed by atoms with van der Waals surface area (Å²) in [5, 5.41) is 12.4. The number of carbonyl (C=O) groups is 1. The Morgan fingerprint density at radius 2 is 1.82 bits per heavy atom. The van der Waals surface area contributed by atoms with Crippen LogP contribution in [0.4, 0.5) is 0 Å². The highest BCUT2D eigenvalue weighted by Gasteiger charge is 2.62. The number of alkyl halides is 1. The number of phosphoric ester groups is 1. The van der Waals surface area contributed by atoms with E-state index in [1.807, 2.05) is 26.0 Å². The van der Waals surface area contributed by atoms with Crippen molar-refractivity contribution in [2.24, 2.45) is 23.7 Å². The molecule has 10 nitrogen and oxygen atoms in total. The third kappa shape index (κ3) is 8.24. The summed E-state index contributed by atoms with van der Waals surface area (Å²) in [6.07, 6.45) is 10.6. The molecular formula is C38H58ClO10P. The van der Waals surface area contributed by atoms with Gasteiger partial charge >= 0.3 is 13.8 Å². The van der Waals surface area contributed by atoms with Crippen LogP contribution in [0.1, 0.15) is 93.9 Å². The molecule has 50 heavy (non-hydrogen) atoms. The molecule has 0 radical (unpaired) electrons. The standard InChI is InChI=1S/C38H58ClO10P/c1-9-23(4)33-26(7)17-18-37(48-33)21-30-20-29(47-37)16-15-25(6)32(39)24(5)13-12-14-28-22-43-35-34(49-50(42,44-10-2)45-11-3)27(8)19-31(36(40)46-30)38(28,35)41/h12-15,19,23-24,26,29-35,41H,9-11,16-18,20-22H2,1-8H3/b13-12+,25-15+,28-14+/t23-,24-,26-,29?,30?,31?,32+,33?,34+,35+,37+,38+/m0/s1. The summed E-state index contributed by atoms with van der Waals surface area (Å²) in [4.78, 5) is 14.4. The minimum Gasteiger partial charge on any atom is -0.462 e. The summed E-state index contributed by atoms with van der Waals surface area (Å²) in [7, 11) is -4.02. The van der Waals surface area contributed by atoms with E-state index in [9.17, 15) is 14.5 Å². The first-order valence-corrected chi connectivity index (χ1v) is 20.4. The Bertz CT molecular complexity index is 1380. The molecule has 0 saturated carbocycles. The second-order valence-corrected chi connectivity index (χ2v) is 17.0. The SMILES string of the molecule is CCOP(=O)(OCC)O[C@@H]1C(C)=CC2C(=O)OC3CC(C/C=C(\C)[C@H](Cl)[C@@H](C)/C=C/C=C4\CO[C@H]1[C@@]42O)O[C@@]1(CC[C@H](C)C([C@@H](C)CC)O1)C3. The lowest BCUT2D eigenvalue weighted by molar-refractivity contribution is -0.340. The zero-order valence-corrected chi connectivity index (χ0v) is 32.6. The molecule has 5 aliphatic rings. The minimum absolute atomic E-state index is 0.0208.